The van der Waals surface area contributed by atoms with Crippen molar-refractivity contribution in [2.45, 2.75) is 38.0 Å². The maximum Gasteiger partial charge on any atom is 0.422 e. The van der Waals surface area contributed by atoms with Gasteiger partial charge in [0.15, 0.2) is 6.61 Å². The first kappa shape index (κ1) is 19.5. The SMILES string of the molecule is CC(c1ccc(Cl)cc1)N(C(=O)c1ccc(OCC(F)(F)F)nc1)C1CC1. The van der Waals surface area contributed by atoms with Crippen LogP contribution in [-0.4, -0.2) is 34.6 Å². The van der Waals surface area contributed by atoms with Gasteiger partial charge in [-0.2, -0.15) is 13.2 Å². The number of carbonyl (C=O) groups is 1. The number of benzene rings is 1. The van der Waals surface area contributed by atoms with Gasteiger partial charge in [-0.15, -0.1) is 0 Å². The summed E-state index contributed by atoms with van der Waals surface area (Å²) >= 11 is 5.93. The van der Waals surface area contributed by atoms with E-state index in [1.165, 1.54) is 18.3 Å². The van der Waals surface area contributed by atoms with Crippen LogP contribution in [0.2, 0.25) is 5.02 Å². The molecule has 2 aromatic rings. The molecule has 0 spiro atoms. The molecular formula is C19H18ClF3N2O2. The second kappa shape index (κ2) is 7.76. The Bertz CT molecular complexity index is 790. The Hall–Kier alpha value is -2.28. The van der Waals surface area contributed by atoms with Crippen molar-refractivity contribution in [3.8, 4) is 5.88 Å². The molecule has 0 aliphatic heterocycles. The van der Waals surface area contributed by atoms with E-state index in [0.717, 1.165) is 18.4 Å². The number of hydrogen-bond acceptors (Lipinski definition) is 3. The smallest absolute Gasteiger partial charge is 0.422 e. The fourth-order valence-electron chi connectivity index (χ4n) is 2.81. The zero-order valence-electron chi connectivity index (χ0n) is 14.5. The molecule has 0 saturated heterocycles. The number of alkyl halides is 3. The van der Waals surface area contributed by atoms with Gasteiger partial charge in [0.05, 0.1) is 11.6 Å². The topological polar surface area (TPSA) is 42.4 Å². The summed E-state index contributed by atoms with van der Waals surface area (Å²) in [6.45, 7) is 0.517. The van der Waals surface area contributed by atoms with Gasteiger partial charge in [-0.1, -0.05) is 23.7 Å². The van der Waals surface area contributed by atoms with Gasteiger partial charge in [0.25, 0.3) is 5.91 Å². The molecule has 1 heterocycles. The maximum atomic E-state index is 13.0. The first-order chi connectivity index (χ1) is 12.7. The maximum absolute atomic E-state index is 13.0. The number of carbonyl (C=O) groups excluding carboxylic acids is 1. The Balaban J connectivity index is 1.74. The quantitative estimate of drug-likeness (QED) is 0.684. The molecule has 1 amide bonds. The minimum Gasteiger partial charge on any atom is -0.468 e. The number of pyridine rings is 1. The molecule has 0 N–H and O–H groups in total. The van der Waals surface area contributed by atoms with Crippen LogP contribution in [-0.2, 0) is 0 Å². The molecule has 1 aliphatic rings. The minimum absolute atomic E-state index is 0.143. The first-order valence-electron chi connectivity index (χ1n) is 8.48. The number of ether oxygens (including phenoxy) is 1. The van der Waals surface area contributed by atoms with E-state index >= 15 is 0 Å². The summed E-state index contributed by atoms with van der Waals surface area (Å²) in [4.78, 5) is 18.6. The fourth-order valence-corrected chi connectivity index (χ4v) is 2.94. The van der Waals surface area contributed by atoms with Crippen LogP contribution >= 0.6 is 11.6 Å². The van der Waals surface area contributed by atoms with Crippen LogP contribution in [0.5, 0.6) is 5.88 Å². The lowest BCUT2D eigenvalue weighted by atomic mass is 10.1. The van der Waals surface area contributed by atoms with Gasteiger partial charge in [-0.05, 0) is 43.5 Å². The van der Waals surface area contributed by atoms with Crippen molar-refractivity contribution in [3.63, 3.8) is 0 Å². The lowest BCUT2D eigenvalue weighted by Crippen LogP contribution is -2.35. The van der Waals surface area contributed by atoms with Gasteiger partial charge >= 0.3 is 6.18 Å². The normalized spacial score (nSPS) is 15.3. The predicted octanol–water partition coefficient (Wildman–Crippen LogP) is 5.04. The molecule has 8 heteroatoms. The highest BCUT2D eigenvalue weighted by Gasteiger charge is 2.37. The number of aromatic nitrogens is 1. The van der Waals surface area contributed by atoms with Crippen molar-refractivity contribution < 1.29 is 22.7 Å². The van der Waals surface area contributed by atoms with E-state index in [0.29, 0.717) is 10.6 Å². The van der Waals surface area contributed by atoms with Gasteiger partial charge in [0.2, 0.25) is 5.88 Å². The van der Waals surface area contributed by atoms with Crippen LogP contribution in [0.25, 0.3) is 0 Å². The zero-order chi connectivity index (χ0) is 19.6. The highest BCUT2D eigenvalue weighted by Crippen LogP contribution is 2.36. The minimum atomic E-state index is -4.44. The highest BCUT2D eigenvalue weighted by molar-refractivity contribution is 6.30. The first-order valence-corrected chi connectivity index (χ1v) is 8.86. The molecule has 1 fully saturated rings. The van der Waals surface area contributed by atoms with Gasteiger partial charge in [0, 0.05) is 23.3 Å². The van der Waals surface area contributed by atoms with E-state index in [4.69, 9.17) is 11.6 Å². The molecule has 1 aromatic carbocycles. The number of amides is 1. The van der Waals surface area contributed by atoms with E-state index in [1.807, 2.05) is 19.1 Å². The largest absolute Gasteiger partial charge is 0.468 e. The summed E-state index contributed by atoms with van der Waals surface area (Å²) in [6.07, 6.45) is -1.35. The van der Waals surface area contributed by atoms with Crippen molar-refractivity contribution in [3.05, 3.63) is 58.7 Å². The molecule has 1 aromatic heterocycles. The zero-order valence-corrected chi connectivity index (χ0v) is 15.3. The third-order valence-electron chi connectivity index (χ3n) is 4.31. The summed E-state index contributed by atoms with van der Waals surface area (Å²) in [7, 11) is 0. The summed E-state index contributed by atoms with van der Waals surface area (Å²) < 4.78 is 41.2. The summed E-state index contributed by atoms with van der Waals surface area (Å²) in [6, 6.07) is 9.99. The Morgan fingerprint density at radius 1 is 1.26 bits per heavy atom. The molecule has 144 valence electrons. The van der Waals surface area contributed by atoms with Gasteiger partial charge < -0.3 is 9.64 Å². The van der Waals surface area contributed by atoms with Crippen LogP contribution in [0.4, 0.5) is 13.2 Å². The molecule has 3 rings (SSSR count). The molecule has 1 aliphatic carbocycles. The van der Waals surface area contributed by atoms with Crippen molar-refractivity contribution >= 4 is 17.5 Å². The van der Waals surface area contributed by atoms with E-state index < -0.39 is 12.8 Å². The lowest BCUT2D eigenvalue weighted by Gasteiger charge is -2.30. The monoisotopic (exact) mass is 398 g/mol. The molecular weight excluding hydrogens is 381 g/mol. The van der Waals surface area contributed by atoms with Crippen molar-refractivity contribution in [2.75, 3.05) is 6.61 Å². The molecule has 0 bridgehead atoms. The Labute approximate surface area is 159 Å². The van der Waals surface area contributed by atoms with Crippen molar-refractivity contribution in [1.82, 2.24) is 9.88 Å². The molecule has 1 unspecified atom stereocenters. The van der Waals surface area contributed by atoms with Crippen LogP contribution in [0.1, 0.15) is 41.7 Å². The highest BCUT2D eigenvalue weighted by atomic mass is 35.5. The predicted molar refractivity (Wildman–Crippen MR) is 94.8 cm³/mol. The molecule has 27 heavy (non-hydrogen) atoms. The third-order valence-corrected chi connectivity index (χ3v) is 4.56. The average molecular weight is 399 g/mol. The van der Waals surface area contributed by atoms with Gasteiger partial charge in [-0.3, -0.25) is 4.79 Å². The summed E-state index contributed by atoms with van der Waals surface area (Å²) in [5.41, 5.74) is 1.26. The van der Waals surface area contributed by atoms with Crippen LogP contribution in [0.3, 0.4) is 0 Å². The van der Waals surface area contributed by atoms with Crippen LogP contribution < -0.4 is 4.74 Å². The van der Waals surface area contributed by atoms with E-state index in [1.54, 1.807) is 17.0 Å². The second-order valence-electron chi connectivity index (χ2n) is 6.46. The second-order valence-corrected chi connectivity index (χ2v) is 6.90. The number of hydrogen-bond donors (Lipinski definition) is 0. The van der Waals surface area contributed by atoms with E-state index in [2.05, 4.69) is 9.72 Å². The van der Waals surface area contributed by atoms with Crippen LogP contribution in [0.15, 0.2) is 42.6 Å². The Morgan fingerprint density at radius 3 is 2.44 bits per heavy atom. The van der Waals surface area contributed by atoms with Gasteiger partial charge in [-0.25, -0.2) is 4.98 Å². The summed E-state index contributed by atoms with van der Waals surface area (Å²) in [5.74, 6) is -0.387. The van der Waals surface area contributed by atoms with Crippen molar-refractivity contribution in [1.29, 1.82) is 0 Å². The molecule has 4 nitrogen and oxygen atoms in total. The van der Waals surface area contributed by atoms with Gasteiger partial charge in [0.1, 0.15) is 0 Å². The molecule has 0 radical (unpaired) electrons. The molecule has 1 saturated carbocycles. The Morgan fingerprint density at radius 2 is 1.93 bits per heavy atom. The van der Waals surface area contributed by atoms with E-state index in [9.17, 15) is 18.0 Å². The van der Waals surface area contributed by atoms with Crippen LogP contribution in [0, 0.1) is 0 Å². The summed E-state index contributed by atoms with van der Waals surface area (Å²) in [5, 5.41) is 0.619. The average Bonchev–Trinajstić information content (AvgIpc) is 3.45. The number of rotatable bonds is 6. The lowest BCUT2D eigenvalue weighted by molar-refractivity contribution is -0.154. The number of nitrogens with zero attached hydrogens (tertiary/aromatic N) is 2. The molecule has 1 atom stereocenters. The third kappa shape index (κ3) is 5.13. The van der Waals surface area contributed by atoms with Crippen molar-refractivity contribution in [2.24, 2.45) is 0 Å². The van der Waals surface area contributed by atoms with E-state index in [-0.39, 0.29) is 23.9 Å². The standard InChI is InChI=1S/C19H18ClF3N2O2/c1-12(13-2-5-15(20)6-3-13)25(16-7-8-16)18(26)14-4-9-17(24-10-14)27-11-19(21,22)23/h2-6,9-10,12,16H,7-8,11H2,1H3. The number of halogens is 4. The Kier molecular flexibility index (Phi) is 5.60. The fraction of sp³-hybridized carbons (Fsp3) is 0.368.